The maximum atomic E-state index is 5.82. The fourth-order valence-electron chi connectivity index (χ4n) is 3.17. The van der Waals surface area contributed by atoms with Crippen molar-refractivity contribution in [2.75, 3.05) is 20.2 Å². The smallest absolute Gasteiger partial charge is 0.175 e. The van der Waals surface area contributed by atoms with E-state index in [9.17, 15) is 0 Å². The first-order chi connectivity index (χ1) is 13.3. The molecular weight excluding hydrogens is 338 g/mol. The normalized spacial score (nSPS) is 13.5. The highest BCUT2D eigenvalue weighted by molar-refractivity contribution is 5.84. The highest BCUT2D eigenvalue weighted by Gasteiger charge is 2.18. The van der Waals surface area contributed by atoms with Crippen LogP contribution in [0.25, 0.3) is 11.0 Å². The molecule has 0 saturated carbocycles. The Morgan fingerprint density at radius 2 is 1.74 bits per heavy atom. The van der Waals surface area contributed by atoms with E-state index < -0.39 is 0 Å². The zero-order valence-corrected chi connectivity index (χ0v) is 18.5. The monoisotopic (exact) mass is 379 g/mol. The van der Waals surface area contributed by atoms with Crippen molar-refractivity contribution in [1.82, 2.24) is 10.5 Å². The maximum Gasteiger partial charge on any atom is 0.175 e. The van der Waals surface area contributed by atoms with Crippen LogP contribution in [-0.4, -0.2) is 25.4 Å². The number of ether oxygens (including phenoxy) is 1. The molecule has 1 saturated heterocycles. The molecule has 3 N–H and O–H groups in total. The fraction of sp³-hybridized carbons (Fsp3) is 0.682. The van der Waals surface area contributed by atoms with E-state index in [4.69, 9.17) is 15.0 Å². The Morgan fingerprint density at radius 1 is 1.11 bits per heavy atom. The second-order valence-corrected chi connectivity index (χ2v) is 5.69. The summed E-state index contributed by atoms with van der Waals surface area (Å²) in [6.07, 6.45) is 4.66. The molecule has 0 spiro atoms. The molecular formula is C22H41N3O2. The van der Waals surface area contributed by atoms with Crippen molar-refractivity contribution in [3.63, 3.8) is 0 Å². The van der Waals surface area contributed by atoms with Gasteiger partial charge in [0.2, 0.25) is 0 Å². The van der Waals surface area contributed by atoms with Gasteiger partial charge in [-0.2, -0.15) is 0 Å². The van der Waals surface area contributed by atoms with Crippen LogP contribution in [-0.2, 0) is 13.0 Å². The first-order valence-electron chi connectivity index (χ1n) is 10.7. The van der Waals surface area contributed by atoms with Gasteiger partial charge >= 0.3 is 0 Å². The molecule has 0 amide bonds. The molecule has 0 unspecified atom stereocenters. The summed E-state index contributed by atoms with van der Waals surface area (Å²) >= 11 is 0. The molecule has 27 heavy (non-hydrogen) atoms. The third kappa shape index (κ3) is 7.15. The molecule has 2 heterocycles. The number of nitrogens with one attached hydrogen (secondary N) is 1. The van der Waals surface area contributed by atoms with E-state index in [0.717, 1.165) is 53.4 Å². The lowest BCUT2D eigenvalue weighted by atomic mass is 9.92. The largest absolute Gasteiger partial charge is 0.496 e. The quantitative estimate of drug-likeness (QED) is 0.737. The summed E-state index contributed by atoms with van der Waals surface area (Å²) in [5.74, 6) is 1.57. The summed E-state index contributed by atoms with van der Waals surface area (Å²) < 4.78 is 10.9. The van der Waals surface area contributed by atoms with Gasteiger partial charge in [0.05, 0.1) is 18.4 Å². The Morgan fingerprint density at radius 3 is 2.30 bits per heavy atom. The van der Waals surface area contributed by atoms with Crippen LogP contribution in [0.4, 0.5) is 0 Å². The van der Waals surface area contributed by atoms with E-state index in [2.05, 4.69) is 10.5 Å². The van der Waals surface area contributed by atoms with E-state index in [1.54, 1.807) is 7.11 Å². The number of rotatable bonds is 5. The number of aromatic nitrogens is 1. The number of nitrogens with zero attached hydrogens (tertiary/aromatic N) is 1. The highest BCUT2D eigenvalue weighted by Crippen LogP contribution is 2.31. The second-order valence-electron chi connectivity index (χ2n) is 5.69. The molecule has 0 aliphatic carbocycles. The van der Waals surface area contributed by atoms with Crippen LogP contribution in [0.1, 0.15) is 72.1 Å². The minimum Gasteiger partial charge on any atom is -0.496 e. The van der Waals surface area contributed by atoms with E-state index >= 15 is 0 Å². The lowest BCUT2D eigenvalue weighted by molar-refractivity contribution is 0.350. The van der Waals surface area contributed by atoms with Crippen LogP contribution in [0.15, 0.2) is 16.7 Å². The Bertz CT molecular complexity index is 605. The van der Waals surface area contributed by atoms with E-state index in [1.807, 2.05) is 53.7 Å². The van der Waals surface area contributed by atoms with Gasteiger partial charge in [-0.05, 0) is 56.8 Å². The summed E-state index contributed by atoms with van der Waals surface area (Å²) in [6, 6.07) is 3.98. The molecule has 1 aliphatic heterocycles. The number of methoxy groups -OCH3 is 1. The molecule has 0 bridgehead atoms. The topological polar surface area (TPSA) is 73.3 Å². The standard InChI is InChI=1S/C16H23N3O2.3C2H6/c1-20-15-5-3-12-14(19-21-16(12)13(15)10-17)4-2-11-6-8-18-9-7-11;3*1-2/h3,5,11,18H,2,4,6-10,17H2,1H3;3*1-2H3. The number of hydrogen-bond donors (Lipinski definition) is 2. The molecule has 1 aromatic heterocycles. The zero-order chi connectivity index (χ0) is 20.7. The van der Waals surface area contributed by atoms with Crippen LogP contribution < -0.4 is 15.8 Å². The Labute approximate surface area is 166 Å². The minimum atomic E-state index is 0.392. The van der Waals surface area contributed by atoms with Crippen LogP contribution >= 0.6 is 0 Å². The average molecular weight is 380 g/mol. The van der Waals surface area contributed by atoms with Crippen LogP contribution in [0.2, 0.25) is 0 Å². The van der Waals surface area contributed by atoms with Crippen molar-refractivity contribution < 1.29 is 9.26 Å². The van der Waals surface area contributed by atoms with Gasteiger partial charge in [0.1, 0.15) is 5.75 Å². The van der Waals surface area contributed by atoms with E-state index in [0.29, 0.717) is 6.54 Å². The Hall–Kier alpha value is -1.59. The molecule has 0 atom stereocenters. The number of piperidine rings is 1. The highest BCUT2D eigenvalue weighted by atomic mass is 16.5. The molecule has 2 aromatic rings. The fourth-order valence-corrected chi connectivity index (χ4v) is 3.17. The van der Waals surface area contributed by atoms with E-state index in [1.165, 1.54) is 19.3 Å². The van der Waals surface area contributed by atoms with Crippen LogP contribution in [0.3, 0.4) is 0 Å². The molecule has 1 aliphatic rings. The van der Waals surface area contributed by atoms with Gasteiger partial charge < -0.3 is 20.3 Å². The predicted molar refractivity (Wildman–Crippen MR) is 116 cm³/mol. The summed E-state index contributed by atoms with van der Waals surface area (Å²) in [6.45, 7) is 14.7. The number of benzene rings is 1. The first-order valence-corrected chi connectivity index (χ1v) is 10.7. The van der Waals surface area contributed by atoms with Crippen LogP contribution in [0.5, 0.6) is 5.75 Å². The molecule has 0 radical (unpaired) electrons. The van der Waals surface area contributed by atoms with Gasteiger partial charge in [0, 0.05) is 11.9 Å². The van der Waals surface area contributed by atoms with Crippen molar-refractivity contribution in [3.05, 3.63) is 23.4 Å². The van der Waals surface area contributed by atoms with Gasteiger partial charge in [-0.3, -0.25) is 0 Å². The van der Waals surface area contributed by atoms with Gasteiger partial charge in [-0.15, -0.1) is 0 Å². The molecule has 3 rings (SSSR count). The minimum absolute atomic E-state index is 0.392. The molecule has 1 fully saturated rings. The van der Waals surface area contributed by atoms with Crippen molar-refractivity contribution in [2.24, 2.45) is 11.7 Å². The Kier molecular flexibility index (Phi) is 14.6. The van der Waals surface area contributed by atoms with Crippen molar-refractivity contribution >= 4 is 11.0 Å². The molecule has 5 heteroatoms. The molecule has 1 aromatic carbocycles. The number of nitrogens with two attached hydrogens (primary N) is 1. The second kappa shape index (κ2) is 15.5. The zero-order valence-electron chi connectivity index (χ0n) is 18.5. The average Bonchev–Trinajstić information content (AvgIpc) is 3.19. The maximum absolute atomic E-state index is 5.82. The summed E-state index contributed by atoms with van der Waals surface area (Å²) in [4.78, 5) is 0. The van der Waals surface area contributed by atoms with Crippen molar-refractivity contribution in [3.8, 4) is 5.75 Å². The van der Waals surface area contributed by atoms with Gasteiger partial charge in [-0.1, -0.05) is 46.7 Å². The van der Waals surface area contributed by atoms with Gasteiger partial charge in [0.25, 0.3) is 0 Å². The van der Waals surface area contributed by atoms with Crippen LogP contribution in [0, 0.1) is 5.92 Å². The first kappa shape index (κ1) is 25.4. The summed E-state index contributed by atoms with van der Waals surface area (Å²) in [5, 5.41) is 8.74. The van der Waals surface area contributed by atoms with Crippen molar-refractivity contribution in [1.29, 1.82) is 0 Å². The molecule has 5 nitrogen and oxygen atoms in total. The van der Waals surface area contributed by atoms with Gasteiger partial charge in [0.15, 0.2) is 5.58 Å². The van der Waals surface area contributed by atoms with Crippen molar-refractivity contribution in [2.45, 2.75) is 73.8 Å². The van der Waals surface area contributed by atoms with Gasteiger partial charge in [-0.25, -0.2) is 0 Å². The lowest BCUT2D eigenvalue weighted by Gasteiger charge is -2.21. The summed E-state index contributed by atoms with van der Waals surface area (Å²) in [7, 11) is 1.65. The SMILES string of the molecule is CC.CC.CC.COc1ccc2c(CCC3CCNCC3)noc2c1CN. The summed E-state index contributed by atoms with van der Waals surface area (Å²) in [5.41, 5.74) is 8.53. The molecule has 156 valence electrons. The number of aryl methyl sites for hydroxylation is 1. The third-order valence-corrected chi connectivity index (χ3v) is 4.45. The predicted octanol–water partition coefficient (Wildman–Crippen LogP) is 5.31. The Balaban J connectivity index is 0.00000103. The third-order valence-electron chi connectivity index (χ3n) is 4.45. The van der Waals surface area contributed by atoms with E-state index in [-0.39, 0.29) is 0 Å². The number of hydrogen-bond acceptors (Lipinski definition) is 5. The number of fused-ring (bicyclic) bond motifs is 1. The lowest BCUT2D eigenvalue weighted by Crippen LogP contribution is -2.27.